The van der Waals surface area contributed by atoms with E-state index in [1.165, 1.54) is 16.7 Å². The van der Waals surface area contributed by atoms with Crippen LogP contribution in [0.4, 0.5) is 0 Å². The molecule has 1 aliphatic heterocycles. The topological polar surface area (TPSA) is 50.2 Å². The average Bonchev–Trinajstić information content (AvgIpc) is 3.13. The molecule has 5 nitrogen and oxygen atoms in total. The zero-order valence-corrected chi connectivity index (χ0v) is 14.7. The average molecular weight is 326 g/mol. The minimum atomic E-state index is -0.0877. The lowest BCUT2D eigenvalue weighted by atomic mass is 10.1. The summed E-state index contributed by atoms with van der Waals surface area (Å²) in [5.74, 6) is 0.899. The Kier molecular flexibility index (Phi) is 5.00. The number of likely N-dealkylation sites (tertiary alicyclic amines) is 1. The molecule has 5 heteroatoms. The molecule has 0 spiro atoms. The van der Waals surface area contributed by atoms with Crippen molar-refractivity contribution < 1.29 is 4.79 Å². The monoisotopic (exact) mass is 326 g/mol. The van der Waals surface area contributed by atoms with Gasteiger partial charge in [0, 0.05) is 39.1 Å². The SMILES string of the molecule is Cc1cc(C)cc(CN2CCC(CNC(=O)c3nccn3C)C2)c1. The molecule has 0 saturated carbocycles. The minimum Gasteiger partial charge on any atom is -0.349 e. The van der Waals surface area contributed by atoms with Crippen molar-refractivity contribution in [1.29, 1.82) is 0 Å². The van der Waals surface area contributed by atoms with Crippen LogP contribution in [0, 0.1) is 19.8 Å². The van der Waals surface area contributed by atoms with E-state index < -0.39 is 0 Å². The number of imidazole rings is 1. The molecule has 0 radical (unpaired) electrons. The van der Waals surface area contributed by atoms with Crippen LogP contribution in [0.15, 0.2) is 30.6 Å². The molecule has 0 aliphatic carbocycles. The summed E-state index contributed by atoms with van der Waals surface area (Å²) in [6, 6.07) is 6.75. The number of amides is 1. The number of hydrogen-bond donors (Lipinski definition) is 1. The van der Waals surface area contributed by atoms with Gasteiger partial charge in [0.15, 0.2) is 5.82 Å². The van der Waals surface area contributed by atoms with Gasteiger partial charge in [-0.15, -0.1) is 0 Å². The molecule has 1 fully saturated rings. The van der Waals surface area contributed by atoms with Crippen molar-refractivity contribution in [3.8, 4) is 0 Å². The van der Waals surface area contributed by atoms with Crippen LogP contribution >= 0.6 is 0 Å². The maximum absolute atomic E-state index is 12.1. The highest BCUT2D eigenvalue weighted by Gasteiger charge is 2.23. The van der Waals surface area contributed by atoms with Crippen molar-refractivity contribution in [3.63, 3.8) is 0 Å². The van der Waals surface area contributed by atoms with Gasteiger partial charge in [-0.2, -0.15) is 0 Å². The van der Waals surface area contributed by atoms with Crippen LogP contribution in [0.3, 0.4) is 0 Å². The number of hydrogen-bond acceptors (Lipinski definition) is 3. The van der Waals surface area contributed by atoms with Crippen LogP contribution in [-0.4, -0.2) is 40.0 Å². The Morgan fingerprint density at radius 3 is 2.71 bits per heavy atom. The third kappa shape index (κ3) is 4.03. The molecule has 1 aromatic carbocycles. The molecule has 1 atom stereocenters. The van der Waals surface area contributed by atoms with Gasteiger partial charge in [-0.1, -0.05) is 29.3 Å². The Morgan fingerprint density at radius 2 is 2.04 bits per heavy atom. The van der Waals surface area contributed by atoms with Gasteiger partial charge < -0.3 is 9.88 Å². The minimum absolute atomic E-state index is 0.0877. The maximum atomic E-state index is 12.1. The lowest BCUT2D eigenvalue weighted by molar-refractivity contribution is 0.0934. The van der Waals surface area contributed by atoms with Crippen LogP contribution in [-0.2, 0) is 13.6 Å². The summed E-state index contributed by atoms with van der Waals surface area (Å²) in [7, 11) is 1.84. The molecule has 1 aromatic heterocycles. The van der Waals surface area contributed by atoms with Gasteiger partial charge in [0.2, 0.25) is 0 Å². The normalized spacial score (nSPS) is 18.0. The summed E-state index contributed by atoms with van der Waals surface area (Å²) in [6.45, 7) is 8.14. The Morgan fingerprint density at radius 1 is 1.29 bits per heavy atom. The van der Waals surface area contributed by atoms with Crippen molar-refractivity contribution in [2.75, 3.05) is 19.6 Å². The zero-order valence-electron chi connectivity index (χ0n) is 14.7. The Hall–Kier alpha value is -2.14. The second kappa shape index (κ2) is 7.18. The number of rotatable bonds is 5. The quantitative estimate of drug-likeness (QED) is 0.917. The highest BCUT2D eigenvalue weighted by atomic mass is 16.2. The van der Waals surface area contributed by atoms with E-state index in [1.54, 1.807) is 17.0 Å². The third-order valence-electron chi connectivity index (χ3n) is 4.63. The predicted octanol–water partition coefficient (Wildman–Crippen LogP) is 2.29. The number of carbonyl (C=O) groups is 1. The molecular weight excluding hydrogens is 300 g/mol. The van der Waals surface area contributed by atoms with Crippen molar-refractivity contribution in [1.82, 2.24) is 19.8 Å². The predicted molar refractivity (Wildman–Crippen MR) is 94.8 cm³/mol. The highest BCUT2D eigenvalue weighted by molar-refractivity contribution is 5.90. The molecule has 1 unspecified atom stereocenters. The summed E-state index contributed by atoms with van der Waals surface area (Å²) in [5.41, 5.74) is 4.02. The number of nitrogens with one attached hydrogen (secondary N) is 1. The molecule has 128 valence electrons. The fourth-order valence-corrected chi connectivity index (χ4v) is 3.54. The lowest BCUT2D eigenvalue weighted by Crippen LogP contribution is -2.32. The van der Waals surface area contributed by atoms with Crippen molar-refractivity contribution in [2.45, 2.75) is 26.8 Å². The Balaban J connectivity index is 1.49. The molecule has 1 N–H and O–H groups in total. The molecule has 1 saturated heterocycles. The molecule has 2 aromatic rings. The fraction of sp³-hybridized carbons (Fsp3) is 0.474. The van der Waals surface area contributed by atoms with Gasteiger partial charge in [0.25, 0.3) is 5.91 Å². The number of aryl methyl sites for hydroxylation is 3. The summed E-state index contributed by atoms with van der Waals surface area (Å²) in [6.07, 6.45) is 4.57. The van der Waals surface area contributed by atoms with E-state index in [0.717, 1.165) is 32.6 Å². The standard InChI is InChI=1S/C19H26N4O/c1-14-8-15(2)10-17(9-14)13-23-6-4-16(12-23)11-21-19(24)18-20-5-7-22(18)3/h5,7-10,16H,4,6,11-13H2,1-3H3,(H,21,24). The van der Waals surface area contributed by atoms with Crippen molar-refractivity contribution in [2.24, 2.45) is 13.0 Å². The summed E-state index contributed by atoms with van der Waals surface area (Å²) >= 11 is 0. The summed E-state index contributed by atoms with van der Waals surface area (Å²) in [4.78, 5) is 18.7. The van der Waals surface area contributed by atoms with Gasteiger partial charge in [-0.05, 0) is 38.3 Å². The van der Waals surface area contributed by atoms with E-state index in [9.17, 15) is 4.79 Å². The first-order valence-corrected chi connectivity index (χ1v) is 8.56. The first kappa shape index (κ1) is 16.7. The molecule has 3 rings (SSSR count). The van der Waals surface area contributed by atoms with E-state index in [1.807, 2.05) is 7.05 Å². The highest BCUT2D eigenvalue weighted by Crippen LogP contribution is 2.19. The van der Waals surface area contributed by atoms with Gasteiger partial charge in [-0.25, -0.2) is 4.98 Å². The summed E-state index contributed by atoms with van der Waals surface area (Å²) in [5, 5.41) is 3.02. The van der Waals surface area contributed by atoms with Gasteiger partial charge >= 0.3 is 0 Å². The van der Waals surface area contributed by atoms with Crippen molar-refractivity contribution >= 4 is 5.91 Å². The lowest BCUT2D eigenvalue weighted by Gasteiger charge is -2.17. The first-order valence-electron chi connectivity index (χ1n) is 8.56. The smallest absolute Gasteiger partial charge is 0.287 e. The molecule has 24 heavy (non-hydrogen) atoms. The Bertz CT molecular complexity index is 702. The fourth-order valence-electron chi connectivity index (χ4n) is 3.54. The van der Waals surface area contributed by atoms with Crippen molar-refractivity contribution in [3.05, 3.63) is 53.1 Å². The molecule has 1 aliphatic rings. The number of nitrogens with zero attached hydrogens (tertiary/aromatic N) is 3. The van der Waals surface area contributed by atoms with E-state index in [2.05, 4.69) is 47.2 Å². The third-order valence-corrected chi connectivity index (χ3v) is 4.63. The molecular formula is C19H26N4O. The maximum Gasteiger partial charge on any atom is 0.287 e. The first-order chi connectivity index (χ1) is 11.5. The molecule has 2 heterocycles. The van der Waals surface area contributed by atoms with Crippen LogP contribution in [0.25, 0.3) is 0 Å². The van der Waals surface area contributed by atoms with Gasteiger partial charge in [-0.3, -0.25) is 9.69 Å². The van der Waals surface area contributed by atoms with Crippen LogP contribution < -0.4 is 5.32 Å². The number of benzene rings is 1. The molecule has 0 bridgehead atoms. The van der Waals surface area contributed by atoms with Crippen LogP contribution in [0.2, 0.25) is 0 Å². The molecule has 1 amide bonds. The van der Waals surface area contributed by atoms with Crippen LogP contribution in [0.5, 0.6) is 0 Å². The van der Waals surface area contributed by atoms with Gasteiger partial charge in [0.05, 0.1) is 0 Å². The van der Waals surface area contributed by atoms with E-state index in [4.69, 9.17) is 0 Å². The van der Waals surface area contributed by atoms with E-state index in [0.29, 0.717) is 11.7 Å². The Labute approximate surface area is 143 Å². The van der Waals surface area contributed by atoms with E-state index >= 15 is 0 Å². The van der Waals surface area contributed by atoms with E-state index in [-0.39, 0.29) is 5.91 Å². The number of carbonyl (C=O) groups excluding carboxylic acids is 1. The van der Waals surface area contributed by atoms with Crippen LogP contribution in [0.1, 0.15) is 33.7 Å². The van der Waals surface area contributed by atoms with Gasteiger partial charge in [0.1, 0.15) is 0 Å². The largest absolute Gasteiger partial charge is 0.349 e. The second-order valence-corrected chi connectivity index (χ2v) is 6.96. The second-order valence-electron chi connectivity index (χ2n) is 6.96. The summed E-state index contributed by atoms with van der Waals surface area (Å²) < 4.78 is 1.75. The zero-order chi connectivity index (χ0) is 17.1. The number of aromatic nitrogens is 2.